The van der Waals surface area contributed by atoms with Crippen LogP contribution in [0.4, 0.5) is 32.3 Å². The van der Waals surface area contributed by atoms with E-state index in [1.54, 1.807) is 45.2 Å². The highest BCUT2D eigenvalue weighted by Gasteiger charge is 2.26. The quantitative estimate of drug-likeness (QED) is 0.277. The Morgan fingerprint density at radius 1 is 1.08 bits per heavy atom. The molecule has 10 nitrogen and oxygen atoms in total. The number of hydrogen-bond donors (Lipinski definition) is 3. The second-order valence-electron chi connectivity index (χ2n) is 9.67. The van der Waals surface area contributed by atoms with Gasteiger partial charge in [-0.3, -0.25) is 0 Å². The van der Waals surface area contributed by atoms with E-state index in [0.717, 1.165) is 17.3 Å². The molecule has 1 unspecified atom stereocenters. The lowest BCUT2D eigenvalue weighted by molar-refractivity contribution is 0.0491. The first kappa shape index (κ1) is 25.0. The molecule has 2 aromatic carbocycles. The number of carbonyl (C=O) groups is 1. The van der Waals surface area contributed by atoms with Crippen molar-refractivity contribution >= 4 is 29.2 Å². The fourth-order valence-electron chi connectivity index (χ4n) is 3.93. The van der Waals surface area contributed by atoms with E-state index in [1.807, 2.05) is 24.3 Å². The Kier molecular flexibility index (Phi) is 6.82. The lowest BCUT2D eigenvalue weighted by Crippen LogP contribution is -2.36. The van der Waals surface area contributed by atoms with Crippen LogP contribution in [0, 0.1) is 5.82 Å². The molecule has 196 valence electrons. The Bertz CT molecular complexity index is 1420. The molecule has 2 aromatic heterocycles. The van der Waals surface area contributed by atoms with Crippen LogP contribution >= 0.6 is 0 Å². The van der Waals surface area contributed by atoms with E-state index in [2.05, 4.69) is 30.9 Å². The fourth-order valence-corrected chi connectivity index (χ4v) is 3.93. The lowest BCUT2D eigenvalue weighted by Gasteiger charge is -2.28. The van der Waals surface area contributed by atoms with Gasteiger partial charge in [0.1, 0.15) is 11.4 Å². The fraction of sp³-hybridized carbons (Fsp3) is 0.259. The molecule has 0 saturated carbocycles. The zero-order chi connectivity index (χ0) is 26.7. The van der Waals surface area contributed by atoms with E-state index in [4.69, 9.17) is 13.9 Å². The number of fused-ring (bicyclic) bond motifs is 1. The van der Waals surface area contributed by atoms with Crippen LogP contribution < -0.4 is 20.7 Å². The first-order valence-corrected chi connectivity index (χ1v) is 12.1. The van der Waals surface area contributed by atoms with Crippen molar-refractivity contribution in [3.05, 3.63) is 72.6 Å². The molecule has 0 fully saturated rings. The molecule has 0 radical (unpaired) electrons. The summed E-state index contributed by atoms with van der Waals surface area (Å²) in [6.45, 7) is 5.87. The minimum atomic E-state index is -0.617. The topological polar surface area (TPSA) is 123 Å². The number of anilines is 4. The van der Waals surface area contributed by atoms with Gasteiger partial charge in [0.05, 0.1) is 25.0 Å². The van der Waals surface area contributed by atoms with Gasteiger partial charge in [0, 0.05) is 28.9 Å². The first-order valence-electron chi connectivity index (χ1n) is 12.1. The number of benzene rings is 2. The third kappa shape index (κ3) is 6.00. The summed E-state index contributed by atoms with van der Waals surface area (Å²) in [6.07, 6.45) is 4.15. The highest BCUT2D eigenvalue weighted by molar-refractivity contribution is 5.70. The number of aromatic nitrogens is 3. The molecule has 5 rings (SSSR count). The summed E-state index contributed by atoms with van der Waals surface area (Å²) in [5.74, 6) is 0.886. The van der Waals surface area contributed by atoms with Crippen molar-refractivity contribution in [1.82, 2.24) is 20.3 Å². The van der Waals surface area contributed by atoms with Gasteiger partial charge in [-0.1, -0.05) is 0 Å². The number of amides is 1. The van der Waals surface area contributed by atoms with Crippen molar-refractivity contribution in [3.63, 3.8) is 0 Å². The second-order valence-corrected chi connectivity index (χ2v) is 9.67. The van der Waals surface area contributed by atoms with Crippen LogP contribution in [0.5, 0.6) is 5.75 Å². The highest BCUT2D eigenvalue weighted by atomic mass is 19.1. The molecule has 3 N–H and O–H groups in total. The third-order valence-corrected chi connectivity index (χ3v) is 5.60. The lowest BCUT2D eigenvalue weighted by atomic mass is 10.00. The zero-order valence-corrected chi connectivity index (χ0v) is 21.1. The molecule has 0 aliphatic carbocycles. The Labute approximate surface area is 218 Å². The van der Waals surface area contributed by atoms with Crippen molar-refractivity contribution in [3.8, 4) is 17.1 Å². The van der Waals surface area contributed by atoms with Crippen molar-refractivity contribution in [2.75, 3.05) is 17.2 Å². The molecule has 11 heteroatoms. The number of alkyl carbamates (subject to hydrolysis) is 1. The van der Waals surface area contributed by atoms with E-state index < -0.39 is 17.5 Å². The number of hydrogen-bond acceptors (Lipinski definition) is 9. The molecule has 0 bridgehead atoms. The van der Waals surface area contributed by atoms with E-state index in [0.29, 0.717) is 35.9 Å². The van der Waals surface area contributed by atoms with Gasteiger partial charge in [-0.25, -0.2) is 19.2 Å². The van der Waals surface area contributed by atoms with Gasteiger partial charge in [-0.15, -0.1) is 0 Å². The summed E-state index contributed by atoms with van der Waals surface area (Å²) in [6, 6.07) is 12.4. The van der Waals surface area contributed by atoms with Crippen LogP contribution in [-0.2, 0) is 4.74 Å². The van der Waals surface area contributed by atoms with Crippen LogP contribution in [0.25, 0.3) is 11.3 Å². The van der Waals surface area contributed by atoms with E-state index in [9.17, 15) is 9.18 Å². The molecule has 1 amide bonds. The number of ether oxygens (including phenoxy) is 2. The van der Waals surface area contributed by atoms with Gasteiger partial charge >= 0.3 is 6.09 Å². The molecule has 0 spiro atoms. The smallest absolute Gasteiger partial charge is 0.408 e. The largest absolute Gasteiger partial charge is 0.493 e. The second kappa shape index (κ2) is 10.4. The van der Waals surface area contributed by atoms with Crippen LogP contribution in [0.3, 0.4) is 0 Å². The normalized spacial score (nSPS) is 14.7. The van der Waals surface area contributed by atoms with Crippen LogP contribution in [0.1, 0.15) is 38.8 Å². The van der Waals surface area contributed by atoms with Crippen LogP contribution in [0.2, 0.25) is 0 Å². The van der Waals surface area contributed by atoms with Gasteiger partial charge in [-0.05, 0) is 63.2 Å². The van der Waals surface area contributed by atoms with Crippen molar-refractivity contribution < 1.29 is 23.1 Å². The summed E-state index contributed by atoms with van der Waals surface area (Å²) in [5.41, 5.74) is 2.30. The van der Waals surface area contributed by atoms with Crippen LogP contribution in [0.15, 0.2) is 65.7 Å². The molecule has 1 aliphatic rings. The van der Waals surface area contributed by atoms with Crippen molar-refractivity contribution in [2.45, 2.75) is 38.8 Å². The number of rotatable bonds is 6. The Morgan fingerprint density at radius 2 is 1.87 bits per heavy atom. The van der Waals surface area contributed by atoms with E-state index >= 15 is 0 Å². The third-order valence-electron chi connectivity index (χ3n) is 5.60. The van der Waals surface area contributed by atoms with Gasteiger partial charge in [0.2, 0.25) is 5.95 Å². The molecule has 3 heterocycles. The maximum Gasteiger partial charge on any atom is 0.408 e. The molecule has 1 atom stereocenters. The number of oxazole rings is 1. The SMILES string of the molecule is CC(C)(C)OC(=O)NC1CCOc2ccc(Nc3nc(Nc4ccc(-c5cnco5)cc4)ncc3F)cc21. The average Bonchev–Trinajstić information content (AvgIpc) is 3.41. The number of nitrogens with one attached hydrogen (secondary N) is 3. The maximum absolute atomic E-state index is 14.6. The molecule has 1 aliphatic heterocycles. The average molecular weight is 519 g/mol. The van der Waals surface area contributed by atoms with Gasteiger partial charge in [0.15, 0.2) is 23.8 Å². The minimum Gasteiger partial charge on any atom is -0.493 e. The predicted molar refractivity (Wildman–Crippen MR) is 139 cm³/mol. The monoisotopic (exact) mass is 518 g/mol. The molecular formula is C27H27FN6O4. The number of nitrogens with zero attached hydrogens (tertiary/aromatic N) is 3. The van der Waals surface area contributed by atoms with Gasteiger partial charge in [0.25, 0.3) is 0 Å². The highest BCUT2D eigenvalue weighted by Crippen LogP contribution is 2.35. The van der Waals surface area contributed by atoms with Gasteiger partial charge in [-0.2, -0.15) is 4.98 Å². The minimum absolute atomic E-state index is 0.00545. The molecule has 0 saturated heterocycles. The summed E-state index contributed by atoms with van der Waals surface area (Å²) in [5, 5.41) is 8.97. The first-order chi connectivity index (χ1) is 18.2. The molecule has 4 aromatic rings. The van der Waals surface area contributed by atoms with Gasteiger partial charge < -0.3 is 29.8 Å². The number of carbonyl (C=O) groups excluding carboxylic acids is 1. The molecule has 38 heavy (non-hydrogen) atoms. The maximum atomic E-state index is 14.6. The summed E-state index contributed by atoms with van der Waals surface area (Å²) in [4.78, 5) is 24.6. The van der Waals surface area contributed by atoms with E-state index in [1.165, 1.54) is 6.39 Å². The predicted octanol–water partition coefficient (Wildman–Crippen LogP) is 6.11. The Hall–Kier alpha value is -4.67. The van der Waals surface area contributed by atoms with Crippen molar-refractivity contribution in [2.24, 2.45) is 0 Å². The number of halogens is 1. The van der Waals surface area contributed by atoms with Crippen LogP contribution in [-0.4, -0.2) is 33.3 Å². The van der Waals surface area contributed by atoms with E-state index in [-0.39, 0.29) is 17.8 Å². The summed E-state index contributed by atoms with van der Waals surface area (Å²) >= 11 is 0. The standard InChI is InChI=1S/C27H27FN6O4/c1-27(2,3)38-26(35)33-21-10-11-36-22-9-8-18(12-19(21)22)31-24-20(28)13-30-25(34-24)32-17-6-4-16(5-7-17)23-14-29-15-37-23/h4-9,12-15,21H,10-11H2,1-3H3,(H,33,35)(H2,30,31,32,34). The zero-order valence-electron chi connectivity index (χ0n) is 21.1. The Morgan fingerprint density at radius 3 is 2.61 bits per heavy atom. The van der Waals surface area contributed by atoms with Crippen molar-refractivity contribution in [1.29, 1.82) is 0 Å². The molecular weight excluding hydrogens is 491 g/mol. The summed E-state index contributed by atoms with van der Waals surface area (Å²) in [7, 11) is 0. The summed E-state index contributed by atoms with van der Waals surface area (Å²) < 4.78 is 31.1. The Balaban J connectivity index is 1.31.